The predicted octanol–water partition coefficient (Wildman–Crippen LogP) is 2.75. The SMILES string of the molecule is [c]1ccc(C2CCC2)cc1. The third kappa shape index (κ3) is 0.942. The Morgan fingerprint density at radius 3 is 2.40 bits per heavy atom. The molecule has 0 saturated heterocycles. The molecule has 0 bridgehead atoms. The van der Waals surface area contributed by atoms with E-state index < -0.39 is 0 Å². The van der Waals surface area contributed by atoms with Crippen LogP contribution in [0.15, 0.2) is 24.3 Å². The minimum Gasteiger partial charge on any atom is -0.0581 e. The maximum absolute atomic E-state index is 3.04. The molecule has 51 valence electrons. The molecule has 0 heteroatoms. The molecule has 0 aromatic heterocycles. The highest BCUT2D eigenvalue weighted by Crippen LogP contribution is 2.35. The molecule has 0 spiro atoms. The highest BCUT2D eigenvalue weighted by molar-refractivity contribution is 5.20. The zero-order chi connectivity index (χ0) is 6.81. The van der Waals surface area contributed by atoms with Crippen LogP contribution in [-0.4, -0.2) is 0 Å². The van der Waals surface area contributed by atoms with E-state index in [2.05, 4.69) is 18.2 Å². The van der Waals surface area contributed by atoms with Crippen LogP contribution in [-0.2, 0) is 0 Å². The van der Waals surface area contributed by atoms with Gasteiger partial charge in [0.1, 0.15) is 0 Å². The molecule has 1 aromatic carbocycles. The van der Waals surface area contributed by atoms with Crippen molar-refractivity contribution >= 4 is 0 Å². The summed E-state index contributed by atoms with van der Waals surface area (Å²) < 4.78 is 0. The van der Waals surface area contributed by atoms with E-state index in [0.717, 1.165) is 5.92 Å². The van der Waals surface area contributed by atoms with Crippen molar-refractivity contribution in [3.8, 4) is 0 Å². The van der Waals surface area contributed by atoms with Gasteiger partial charge in [0.25, 0.3) is 0 Å². The molecular formula is C10H11. The maximum Gasteiger partial charge on any atom is -0.0162 e. The fraction of sp³-hybridized carbons (Fsp3) is 0.400. The Morgan fingerprint density at radius 2 is 1.90 bits per heavy atom. The summed E-state index contributed by atoms with van der Waals surface area (Å²) in [6, 6.07) is 11.4. The van der Waals surface area contributed by atoms with Gasteiger partial charge in [-0.15, -0.1) is 0 Å². The van der Waals surface area contributed by atoms with Crippen molar-refractivity contribution in [2.45, 2.75) is 25.2 Å². The van der Waals surface area contributed by atoms with Gasteiger partial charge in [0.2, 0.25) is 0 Å². The Kier molecular flexibility index (Phi) is 1.46. The van der Waals surface area contributed by atoms with Crippen LogP contribution in [0.4, 0.5) is 0 Å². The van der Waals surface area contributed by atoms with E-state index in [1.807, 2.05) is 12.1 Å². The molecule has 1 fully saturated rings. The number of benzene rings is 1. The normalized spacial score (nSPS) is 18.4. The first-order chi connectivity index (χ1) is 4.97. The number of hydrogen-bond donors (Lipinski definition) is 0. The summed E-state index contributed by atoms with van der Waals surface area (Å²) in [6.07, 6.45) is 4.21. The topological polar surface area (TPSA) is 0 Å². The van der Waals surface area contributed by atoms with E-state index in [1.54, 1.807) is 0 Å². The fourth-order valence-corrected chi connectivity index (χ4v) is 1.41. The van der Waals surface area contributed by atoms with Gasteiger partial charge in [0.05, 0.1) is 0 Å². The second-order valence-electron chi connectivity index (χ2n) is 2.96. The van der Waals surface area contributed by atoms with Crippen LogP contribution < -0.4 is 0 Å². The van der Waals surface area contributed by atoms with Gasteiger partial charge in [-0.3, -0.25) is 0 Å². The molecule has 0 heterocycles. The lowest BCUT2D eigenvalue weighted by atomic mass is 9.80. The first kappa shape index (κ1) is 5.96. The van der Waals surface area contributed by atoms with Gasteiger partial charge in [-0.2, -0.15) is 0 Å². The van der Waals surface area contributed by atoms with Gasteiger partial charge in [-0.05, 0) is 30.4 Å². The van der Waals surface area contributed by atoms with Crippen LogP contribution in [0, 0.1) is 6.07 Å². The van der Waals surface area contributed by atoms with E-state index in [1.165, 1.54) is 24.8 Å². The van der Waals surface area contributed by atoms with Gasteiger partial charge < -0.3 is 0 Å². The second kappa shape index (κ2) is 2.45. The van der Waals surface area contributed by atoms with Crippen LogP contribution >= 0.6 is 0 Å². The number of hydrogen-bond acceptors (Lipinski definition) is 0. The Bertz CT molecular complexity index is 197. The summed E-state index contributed by atoms with van der Waals surface area (Å²) >= 11 is 0. The fourth-order valence-electron chi connectivity index (χ4n) is 1.41. The molecule has 0 amide bonds. The first-order valence-corrected chi connectivity index (χ1v) is 3.93. The van der Waals surface area contributed by atoms with E-state index in [-0.39, 0.29) is 0 Å². The van der Waals surface area contributed by atoms with Crippen molar-refractivity contribution in [3.63, 3.8) is 0 Å². The van der Waals surface area contributed by atoms with Crippen LogP contribution in [0.3, 0.4) is 0 Å². The lowest BCUT2D eigenvalue weighted by Crippen LogP contribution is -2.07. The zero-order valence-corrected chi connectivity index (χ0v) is 6.01. The average Bonchev–Trinajstić information content (AvgIpc) is 1.86. The van der Waals surface area contributed by atoms with E-state index in [4.69, 9.17) is 0 Å². The summed E-state index contributed by atoms with van der Waals surface area (Å²) in [7, 11) is 0. The Morgan fingerprint density at radius 1 is 1.20 bits per heavy atom. The highest BCUT2D eigenvalue weighted by Gasteiger charge is 2.18. The predicted molar refractivity (Wildman–Crippen MR) is 41.9 cm³/mol. The molecule has 0 atom stereocenters. The first-order valence-electron chi connectivity index (χ1n) is 3.93. The zero-order valence-electron chi connectivity index (χ0n) is 6.01. The Balaban J connectivity index is 2.18. The van der Waals surface area contributed by atoms with Gasteiger partial charge in [0, 0.05) is 0 Å². The maximum atomic E-state index is 3.04. The average molecular weight is 131 g/mol. The van der Waals surface area contributed by atoms with Gasteiger partial charge in [-0.1, -0.05) is 30.7 Å². The van der Waals surface area contributed by atoms with Gasteiger partial charge >= 0.3 is 0 Å². The molecule has 2 rings (SSSR count). The standard InChI is InChI=1S/C10H11/c1-2-5-9(6-3-1)10-7-4-8-10/h2-3,5-6,10H,4,7-8H2. The van der Waals surface area contributed by atoms with Crippen LogP contribution in [0.25, 0.3) is 0 Å². The smallest absolute Gasteiger partial charge is 0.0162 e. The summed E-state index contributed by atoms with van der Waals surface area (Å²) in [4.78, 5) is 0. The van der Waals surface area contributed by atoms with Crippen molar-refractivity contribution in [1.82, 2.24) is 0 Å². The van der Waals surface area contributed by atoms with Crippen LogP contribution in [0.5, 0.6) is 0 Å². The third-order valence-electron chi connectivity index (χ3n) is 2.32. The molecule has 0 unspecified atom stereocenters. The lowest BCUT2D eigenvalue weighted by molar-refractivity contribution is 0.420. The van der Waals surface area contributed by atoms with Gasteiger partial charge in [-0.25, -0.2) is 0 Å². The molecule has 0 nitrogen and oxygen atoms in total. The summed E-state index contributed by atoms with van der Waals surface area (Å²) in [5.41, 5.74) is 1.50. The van der Waals surface area contributed by atoms with Crippen molar-refractivity contribution in [1.29, 1.82) is 0 Å². The van der Waals surface area contributed by atoms with E-state index in [0.29, 0.717) is 0 Å². The largest absolute Gasteiger partial charge is 0.0581 e. The Hall–Kier alpha value is -0.780. The summed E-state index contributed by atoms with van der Waals surface area (Å²) in [5, 5.41) is 0. The summed E-state index contributed by atoms with van der Waals surface area (Å²) in [6.45, 7) is 0. The second-order valence-corrected chi connectivity index (χ2v) is 2.96. The highest BCUT2D eigenvalue weighted by atomic mass is 14.2. The van der Waals surface area contributed by atoms with Crippen LogP contribution in [0.1, 0.15) is 30.7 Å². The number of rotatable bonds is 1. The molecule has 1 aromatic rings. The molecule has 1 aliphatic carbocycles. The van der Waals surface area contributed by atoms with Crippen molar-refractivity contribution in [2.75, 3.05) is 0 Å². The molecule has 1 saturated carbocycles. The molecule has 0 aliphatic heterocycles. The van der Waals surface area contributed by atoms with Crippen molar-refractivity contribution < 1.29 is 0 Å². The molecule has 10 heavy (non-hydrogen) atoms. The lowest BCUT2D eigenvalue weighted by Gasteiger charge is -2.25. The van der Waals surface area contributed by atoms with E-state index >= 15 is 0 Å². The molecule has 1 aliphatic rings. The van der Waals surface area contributed by atoms with E-state index in [9.17, 15) is 0 Å². The van der Waals surface area contributed by atoms with Crippen LogP contribution in [0.2, 0.25) is 0 Å². The monoisotopic (exact) mass is 131 g/mol. The van der Waals surface area contributed by atoms with Crippen molar-refractivity contribution in [2.24, 2.45) is 0 Å². The molecule has 0 N–H and O–H groups in total. The third-order valence-corrected chi connectivity index (χ3v) is 2.32. The quantitative estimate of drug-likeness (QED) is 0.549. The van der Waals surface area contributed by atoms with Gasteiger partial charge in [0.15, 0.2) is 0 Å². The summed E-state index contributed by atoms with van der Waals surface area (Å²) in [5.74, 6) is 0.870. The Labute approximate surface area is 61.9 Å². The minimum absolute atomic E-state index is 0.870. The minimum atomic E-state index is 0.870. The molecular weight excluding hydrogens is 120 g/mol. The molecule has 1 radical (unpaired) electrons. The van der Waals surface area contributed by atoms with Crippen molar-refractivity contribution in [3.05, 3.63) is 35.9 Å².